The number of hydrogen-bond donors (Lipinski definition) is 2. The summed E-state index contributed by atoms with van der Waals surface area (Å²) < 4.78 is 28.2. The van der Waals surface area contributed by atoms with Crippen molar-refractivity contribution in [3.63, 3.8) is 0 Å². The minimum absolute atomic E-state index is 0.175. The highest BCUT2D eigenvalue weighted by Crippen LogP contribution is 2.09. The monoisotopic (exact) mass is 399 g/mol. The summed E-state index contributed by atoms with van der Waals surface area (Å²) in [6.07, 6.45) is 7.35. The molecule has 0 unspecified atom stereocenters. The number of nitrogens with one attached hydrogen (secondary N) is 2. The van der Waals surface area contributed by atoms with Crippen molar-refractivity contribution in [2.24, 2.45) is 0 Å². The number of pyridine rings is 1. The SMILES string of the molecule is O=C(CCCNC(=O)c1ccc(F)cc1F)NCc1ccc(-n2ccnc2)nc1. The van der Waals surface area contributed by atoms with Gasteiger partial charge in [0, 0.05) is 44.2 Å². The van der Waals surface area contributed by atoms with Gasteiger partial charge in [-0.3, -0.25) is 14.2 Å². The summed E-state index contributed by atoms with van der Waals surface area (Å²) in [4.78, 5) is 32.0. The Morgan fingerprint density at radius 1 is 1.10 bits per heavy atom. The van der Waals surface area contributed by atoms with Crippen LogP contribution in [0.5, 0.6) is 0 Å². The number of benzene rings is 1. The normalized spacial score (nSPS) is 10.6. The van der Waals surface area contributed by atoms with Crippen LogP contribution in [0.3, 0.4) is 0 Å². The van der Waals surface area contributed by atoms with Crippen molar-refractivity contribution in [3.05, 3.63) is 78.0 Å². The molecule has 1 aromatic carbocycles. The fourth-order valence-electron chi connectivity index (χ4n) is 2.58. The van der Waals surface area contributed by atoms with Crippen molar-refractivity contribution in [2.75, 3.05) is 6.54 Å². The van der Waals surface area contributed by atoms with Crippen LogP contribution in [-0.4, -0.2) is 32.9 Å². The summed E-state index contributed by atoms with van der Waals surface area (Å²) in [5.74, 6) is -1.76. The van der Waals surface area contributed by atoms with Gasteiger partial charge >= 0.3 is 0 Å². The molecule has 2 heterocycles. The lowest BCUT2D eigenvalue weighted by atomic mass is 10.2. The fourth-order valence-corrected chi connectivity index (χ4v) is 2.58. The highest BCUT2D eigenvalue weighted by Gasteiger charge is 2.12. The highest BCUT2D eigenvalue weighted by molar-refractivity contribution is 5.94. The van der Waals surface area contributed by atoms with E-state index < -0.39 is 17.5 Å². The number of nitrogens with zero attached hydrogens (tertiary/aromatic N) is 3. The Morgan fingerprint density at radius 3 is 2.66 bits per heavy atom. The lowest BCUT2D eigenvalue weighted by Gasteiger charge is -2.08. The first-order valence-corrected chi connectivity index (χ1v) is 8.96. The van der Waals surface area contributed by atoms with Crippen LogP contribution in [0, 0.1) is 11.6 Å². The Bertz CT molecular complexity index is 975. The zero-order valence-electron chi connectivity index (χ0n) is 15.4. The second-order valence-corrected chi connectivity index (χ2v) is 6.25. The minimum atomic E-state index is -0.923. The molecule has 0 bridgehead atoms. The van der Waals surface area contributed by atoms with Gasteiger partial charge in [0.2, 0.25) is 5.91 Å². The van der Waals surface area contributed by atoms with Gasteiger partial charge in [-0.25, -0.2) is 18.7 Å². The van der Waals surface area contributed by atoms with Crippen LogP contribution in [0.25, 0.3) is 5.82 Å². The molecular weight excluding hydrogens is 380 g/mol. The van der Waals surface area contributed by atoms with E-state index in [0.29, 0.717) is 19.0 Å². The van der Waals surface area contributed by atoms with Gasteiger partial charge in [0.1, 0.15) is 23.8 Å². The Morgan fingerprint density at radius 2 is 1.97 bits per heavy atom. The van der Waals surface area contributed by atoms with Crippen LogP contribution in [0.15, 0.2) is 55.2 Å². The molecule has 0 aliphatic rings. The molecule has 7 nitrogen and oxygen atoms in total. The first kappa shape index (κ1) is 20.1. The molecule has 3 aromatic rings. The maximum absolute atomic E-state index is 13.5. The lowest BCUT2D eigenvalue weighted by Crippen LogP contribution is -2.28. The van der Waals surface area contributed by atoms with Gasteiger partial charge in [-0.05, 0) is 30.2 Å². The quantitative estimate of drug-likeness (QED) is 0.569. The molecule has 0 saturated carbocycles. The molecule has 150 valence electrons. The van der Waals surface area contributed by atoms with Gasteiger partial charge in [-0.1, -0.05) is 6.07 Å². The zero-order valence-corrected chi connectivity index (χ0v) is 15.4. The number of hydrogen-bond acceptors (Lipinski definition) is 4. The van der Waals surface area contributed by atoms with Gasteiger partial charge in [0.15, 0.2) is 0 Å². The molecule has 2 amide bonds. The van der Waals surface area contributed by atoms with Crippen molar-refractivity contribution in [3.8, 4) is 5.82 Å². The molecule has 0 aliphatic carbocycles. The molecule has 0 saturated heterocycles. The maximum atomic E-state index is 13.5. The number of rotatable bonds is 8. The molecule has 0 spiro atoms. The molecule has 2 N–H and O–H groups in total. The first-order valence-electron chi connectivity index (χ1n) is 8.96. The van der Waals surface area contributed by atoms with Gasteiger partial charge in [0.25, 0.3) is 5.91 Å². The summed E-state index contributed by atoms with van der Waals surface area (Å²) in [7, 11) is 0. The Kier molecular flexibility index (Phi) is 6.62. The van der Waals surface area contributed by atoms with E-state index in [1.165, 1.54) is 0 Å². The van der Waals surface area contributed by atoms with Crippen LogP contribution in [0.4, 0.5) is 8.78 Å². The van der Waals surface area contributed by atoms with E-state index in [4.69, 9.17) is 0 Å². The predicted octanol–water partition coefficient (Wildman–Crippen LogP) is 2.37. The number of imidazole rings is 1. The van der Waals surface area contributed by atoms with Crippen molar-refractivity contribution >= 4 is 11.8 Å². The summed E-state index contributed by atoms with van der Waals surface area (Å²) >= 11 is 0. The van der Waals surface area contributed by atoms with Gasteiger partial charge in [-0.15, -0.1) is 0 Å². The van der Waals surface area contributed by atoms with Crippen molar-refractivity contribution in [2.45, 2.75) is 19.4 Å². The minimum Gasteiger partial charge on any atom is -0.352 e. The average Bonchev–Trinajstić information content (AvgIpc) is 3.25. The van der Waals surface area contributed by atoms with Crippen LogP contribution < -0.4 is 10.6 Å². The number of carbonyl (C=O) groups excluding carboxylic acids is 2. The Hall–Kier alpha value is -3.62. The second kappa shape index (κ2) is 9.54. The predicted molar refractivity (Wildman–Crippen MR) is 101 cm³/mol. The first-order chi connectivity index (χ1) is 14.0. The average molecular weight is 399 g/mol. The largest absolute Gasteiger partial charge is 0.352 e. The molecule has 0 fully saturated rings. The number of carbonyl (C=O) groups is 2. The summed E-state index contributed by atoms with van der Waals surface area (Å²) in [5.41, 5.74) is 0.616. The smallest absolute Gasteiger partial charge is 0.254 e. The van der Waals surface area contributed by atoms with Gasteiger partial charge in [0.05, 0.1) is 5.56 Å². The standard InChI is InChI=1S/C20H19F2N5O2/c21-15-4-5-16(17(22)10-15)20(29)24-7-1-2-19(28)26-12-14-3-6-18(25-11-14)27-9-8-23-13-27/h3-6,8-11,13H,1-2,7,12H2,(H,24,29)(H,26,28). The molecular formula is C20H19F2N5O2. The summed E-state index contributed by atoms with van der Waals surface area (Å²) in [5, 5.41) is 5.29. The van der Waals surface area contributed by atoms with E-state index >= 15 is 0 Å². The number of aromatic nitrogens is 3. The molecule has 0 aliphatic heterocycles. The lowest BCUT2D eigenvalue weighted by molar-refractivity contribution is -0.121. The van der Waals surface area contributed by atoms with Crippen LogP contribution in [-0.2, 0) is 11.3 Å². The number of amides is 2. The van der Waals surface area contributed by atoms with Gasteiger partial charge in [-0.2, -0.15) is 0 Å². The maximum Gasteiger partial charge on any atom is 0.254 e. The van der Waals surface area contributed by atoms with E-state index in [1.807, 2.05) is 12.1 Å². The molecule has 3 rings (SSSR count). The third-order valence-corrected chi connectivity index (χ3v) is 4.11. The summed E-state index contributed by atoms with van der Waals surface area (Å²) in [6, 6.07) is 6.44. The van der Waals surface area contributed by atoms with Crippen LogP contribution >= 0.6 is 0 Å². The molecule has 0 radical (unpaired) electrons. The topological polar surface area (TPSA) is 88.9 Å². The van der Waals surface area contributed by atoms with E-state index in [-0.39, 0.29) is 24.4 Å². The Balaban J connectivity index is 1.36. The number of halogens is 2. The van der Waals surface area contributed by atoms with Crippen molar-refractivity contribution in [1.82, 2.24) is 25.2 Å². The van der Waals surface area contributed by atoms with Crippen molar-refractivity contribution in [1.29, 1.82) is 0 Å². The van der Waals surface area contributed by atoms with Gasteiger partial charge < -0.3 is 10.6 Å². The van der Waals surface area contributed by atoms with Crippen LogP contribution in [0.1, 0.15) is 28.8 Å². The molecule has 2 aromatic heterocycles. The molecule has 29 heavy (non-hydrogen) atoms. The Labute approximate surface area is 165 Å². The van der Waals surface area contributed by atoms with E-state index in [1.54, 1.807) is 29.5 Å². The zero-order chi connectivity index (χ0) is 20.6. The fraction of sp³-hybridized carbons (Fsp3) is 0.200. The van der Waals surface area contributed by atoms with E-state index in [0.717, 1.165) is 23.5 Å². The highest BCUT2D eigenvalue weighted by atomic mass is 19.1. The van der Waals surface area contributed by atoms with Crippen molar-refractivity contribution < 1.29 is 18.4 Å². The third-order valence-electron chi connectivity index (χ3n) is 4.11. The van der Waals surface area contributed by atoms with E-state index in [2.05, 4.69) is 20.6 Å². The third kappa shape index (κ3) is 5.68. The second-order valence-electron chi connectivity index (χ2n) is 6.25. The van der Waals surface area contributed by atoms with E-state index in [9.17, 15) is 18.4 Å². The molecule has 0 atom stereocenters. The van der Waals surface area contributed by atoms with Crippen LogP contribution in [0.2, 0.25) is 0 Å². The molecule has 9 heteroatoms. The summed E-state index contributed by atoms with van der Waals surface area (Å²) in [6.45, 7) is 0.535.